The summed E-state index contributed by atoms with van der Waals surface area (Å²) >= 11 is 0. The van der Waals surface area contributed by atoms with Gasteiger partial charge in [-0.1, -0.05) is 0 Å². The summed E-state index contributed by atoms with van der Waals surface area (Å²) in [5, 5.41) is 26.9. The molecule has 1 rings (SSSR count). The molecule has 0 aliphatic carbocycles. The molecule has 0 aromatic heterocycles. The first-order chi connectivity index (χ1) is 6.50. The molecule has 0 amide bonds. The summed E-state index contributed by atoms with van der Waals surface area (Å²) in [5.74, 6) is -1.50. The van der Waals surface area contributed by atoms with Gasteiger partial charge in [0.25, 0.3) is 5.69 Å². The summed E-state index contributed by atoms with van der Waals surface area (Å²) in [6, 6.07) is 2.55. The van der Waals surface area contributed by atoms with Crippen LogP contribution in [0.5, 0.6) is 5.75 Å². The summed E-state index contributed by atoms with van der Waals surface area (Å²) in [6.45, 7) is 0. The Kier molecular flexibility index (Phi) is 3.00. The molecule has 1 aromatic carbocycles. The molecule has 0 aliphatic rings. The van der Waals surface area contributed by atoms with Gasteiger partial charge < -0.3 is 14.7 Å². The van der Waals surface area contributed by atoms with Crippen molar-refractivity contribution in [3.05, 3.63) is 34.1 Å². The number of hydrogen-bond donors (Lipinski definition) is 2. The molecule has 0 fully saturated rings. The second-order valence-corrected chi connectivity index (χ2v) is 2.32. The summed E-state index contributed by atoms with van der Waals surface area (Å²) in [4.78, 5) is 9.41. The van der Waals surface area contributed by atoms with Crippen molar-refractivity contribution in [3.63, 3.8) is 0 Å². The molecule has 0 aliphatic heterocycles. The van der Waals surface area contributed by atoms with Crippen molar-refractivity contribution in [3.8, 4) is 5.75 Å². The van der Waals surface area contributed by atoms with E-state index in [2.05, 4.69) is 4.65 Å². The fourth-order valence-electron chi connectivity index (χ4n) is 0.812. The van der Waals surface area contributed by atoms with Crippen molar-refractivity contribution in [1.82, 2.24) is 0 Å². The number of nitro groups is 1. The van der Waals surface area contributed by atoms with Crippen LogP contribution in [0.25, 0.3) is 0 Å². The molecule has 0 bridgehead atoms. The van der Waals surface area contributed by atoms with E-state index >= 15 is 0 Å². The van der Waals surface area contributed by atoms with Crippen molar-refractivity contribution in [2.45, 2.75) is 0 Å². The standard InChI is InChI=1S/C6H5BFNO5/c8-5-3-4(9(12)13)1-2-6(5)14-7(10)11/h1-3,10-11H. The predicted molar refractivity (Wildman–Crippen MR) is 43.9 cm³/mol. The highest BCUT2D eigenvalue weighted by Gasteiger charge is 2.17. The second kappa shape index (κ2) is 4.03. The molecule has 0 atom stereocenters. The van der Waals surface area contributed by atoms with Gasteiger partial charge in [0.05, 0.1) is 11.0 Å². The average Bonchev–Trinajstić information content (AvgIpc) is 2.07. The molecule has 14 heavy (non-hydrogen) atoms. The van der Waals surface area contributed by atoms with Gasteiger partial charge >= 0.3 is 7.32 Å². The highest BCUT2D eigenvalue weighted by atomic mass is 19.1. The summed E-state index contributed by atoms with van der Waals surface area (Å²) in [5.41, 5.74) is -0.442. The summed E-state index contributed by atoms with van der Waals surface area (Å²) < 4.78 is 17.1. The maximum absolute atomic E-state index is 12.9. The van der Waals surface area contributed by atoms with Crippen molar-refractivity contribution in [2.24, 2.45) is 0 Å². The van der Waals surface area contributed by atoms with Gasteiger partial charge in [-0.2, -0.15) is 0 Å². The van der Waals surface area contributed by atoms with Gasteiger partial charge in [0.2, 0.25) is 0 Å². The highest BCUT2D eigenvalue weighted by Crippen LogP contribution is 2.22. The molecule has 8 heteroatoms. The molecular weight excluding hydrogens is 196 g/mol. The molecular formula is C6H5BFNO5. The Hall–Kier alpha value is -1.67. The van der Waals surface area contributed by atoms with Crippen LogP contribution in [-0.2, 0) is 0 Å². The average molecular weight is 201 g/mol. The molecule has 0 radical (unpaired) electrons. The number of non-ortho nitro benzene ring substituents is 1. The van der Waals surface area contributed by atoms with E-state index < -0.39 is 29.5 Å². The molecule has 2 N–H and O–H groups in total. The van der Waals surface area contributed by atoms with E-state index in [1.54, 1.807) is 0 Å². The number of halogens is 1. The lowest BCUT2D eigenvalue weighted by Crippen LogP contribution is -2.21. The quantitative estimate of drug-likeness (QED) is 0.410. The van der Waals surface area contributed by atoms with E-state index in [9.17, 15) is 14.5 Å². The highest BCUT2D eigenvalue weighted by molar-refractivity contribution is 6.33. The van der Waals surface area contributed by atoms with E-state index in [1.807, 2.05) is 0 Å². The minimum absolute atomic E-state index is 0.442. The molecule has 0 heterocycles. The van der Waals surface area contributed by atoms with Crippen LogP contribution in [0.15, 0.2) is 18.2 Å². The van der Waals surface area contributed by atoms with Gasteiger partial charge in [-0.15, -0.1) is 0 Å². The van der Waals surface area contributed by atoms with E-state index in [0.29, 0.717) is 6.07 Å². The van der Waals surface area contributed by atoms with Crippen molar-refractivity contribution in [2.75, 3.05) is 0 Å². The topological polar surface area (TPSA) is 92.8 Å². The molecule has 0 spiro atoms. The zero-order chi connectivity index (χ0) is 10.7. The van der Waals surface area contributed by atoms with E-state index in [-0.39, 0.29) is 0 Å². The van der Waals surface area contributed by atoms with Gasteiger partial charge in [0.1, 0.15) is 5.75 Å². The van der Waals surface area contributed by atoms with Crippen molar-refractivity contribution in [1.29, 1.82) is 0 Å². The third kappa shape index (κ3) is 2.41. The minimum Gasteiger partial charge on any atom is -0.510 e. The number of rotatable bonds is 3. The maximum atomic E-state index is 12.9. The Morgan fingerprint density at radius 2 is 2.14 bits per heavy atom. The molecule has 0 saturated heterocycles. The van der Waals surface area contributed by atoms with E-state index in [0.717, 1.165) is 12.1 Å². The van der Waals surface area contributed by atoms with Crippen LogP contribution in [0.4, 0.5) is 10.1 Å². The summed E-state index contributed by atoms with van der Waals surface area (Å²) in [6.07, 6.45) is 0. The molecule has 74 valence electrons. The first kappa shape index (κ1) is 10.4. The number of nitro benzene ring substituents is 1. The Balaban J connectivity index is 2.95. The van der Waals surface area contributed by atoms with Crippen LogP contribution < -0.4 is 4.65 Å². The van der Waals surface area contributed by atoms with Gasteiger partial charge in [0.15, 0.2) is 5.82 Å². The lowest BCUT2D eigenvalue weighted by Gasteiger charge is -2.04. The largest absolute Gasteiger partial charge is 0.707 e. The fourth-order valence-corrected chi connectivity index (χ4v) is 0.812. The predicted octanol–water partition coefficient (Wildman–Crippen LogP) is 0.0822. The molecule has 0 saturated carbocycles. The monoisotopic (exact) mass is 201 g/mol. The third-order valence-corrected chi connectivity index (χ3v) is 1.36. The van der Waals surface area contributed by atoms with Crippen LogP contribution in [0.3, 0.4) is 0 Å². The second-order valence-electron chi connectivity index (χ2n) is 2.32. The Bertz CT molecular complexity index is 358. The molecule has 6 nitrogen and oxygen atoms in total. The smallest absolute Gasteiger partial charge is 0.510 e. The van der Waals surface area contributed by atoms with Crippen molar-refractivity contribution >= 4 is 13.0 Å². The Morgan fingerprint density at radius 1 is 1.50 bits per heavy atom. The van der Waals surface area contributed by atoms with Crippen LogP contribution in [-0.4, -0.2) is 22.3 Å². The zero-order valence-corrected chi connectivity index (χ0v) is 6.75. The normalized spacial score (nSPS) is 9.64. The van der Waals surface area contributed by atoms with Crippen LogP contribution >= 0.6 is 0 Å². The number of nitrogens with zero attached hydrogens (tertiary/aromatic N) is 1. The van der Waals surface area contributed by atoms with Crippen LogP contribution in [0.1, 0.15) is 0 Å². The van der Waals surface area contributed by atoms with Crippen molar-refractivity contribution < 1.29 is 24.0 Å². The lowest BCUT2D eigenvalue weighted by atomic mass is 10.2. The first-order valence-electron chi connectivity index (χ1n) is 3.47. The summed E-state index contributed by atoms with van der Waals surface area (Å²) in [7, 11) is -2.16. The molecule has 0 unspecified atom stereocenters. The fraction of sp³-hybridized carbons (Fsp3) is 0. The lowest BCUT2D eigenvalue weighted by molar-refractivity contribution is -0.385. The number of benzene rings is 1. The molecule has 1 aromatic rings. The van der Waals surface area contributed by atoms with Gasteiger partial charge in [0, 0.05) is 6.07 Å². The third-order valence-electron chi connectivity index (χ3n) is 1.36. The first-order valence-corrected chi connectivity index (χ1v) is 3.47. The van der Waals surface area contributed by atoms with Gasteiger partial charge in [-0.05, 0) is 6.07 Å². The zero-order valence-electron chi connectivity index (χ0n) is 6.75. The van der Waals surface area contributed by atoms with E-state index in [1.165, 1.54) is 0 Å². The van der Waals surface area contributed by atoms with Gasteiger partial charge in [-0.3, -0.25) is 10.1 Å². The SMILES string of the molecule is O=[N+]([O-])c1ccc(OB(O)O)c(F)c1. The van der Waals surface area contributed by atoms with Crippen LogP contribution in [0.2, 0.25) is 0 Å². The minimum atomic E-state index is -2.16. The maximum Gasteiger partial charge on any atom is 0.707 e. The Labute approximate surface area is 77.9 Å². The van der Waals surface area contributed by atoms with E-state index in [4.69, 9.17) is 10.0 Å². The van der Waals surface area contributed by atoms with Crippen LogP contribution in [0, 0.1) is 15.9 Å². The Morgan fingerprint density at radius 3 is 2.57 bits per heavy atom. The van der Waals surface area contributed by atoms with Gasteiger partial charge in [-0.25, -0.2) is 4.39 Å². The number of hydrogen-bond acceptors (Lipinski definition) is 5.